The van der Waals surface area contributed by atoms with Crippen LogP contribution in [0, 0.1) is 0 Å². The van der Waals surface area contributed by atoms with E-state index < -0.39 is 11.7 Å². The van der Waals surface area contributed by atoms with Crippen LogP contribution in [0.5, 0.6) is 0 Å². The van der Waals surface area contributed by atoms with Crippen LogP contribution in [0.25, 0.3) is 10.4 Å². The monoisotopic (exact) mass is 505 g/mol. The molecule has 1 aliphatic heterocycles. The summed E-state index contributed by atoms with van der Waals surface area (Å²) in [7, 11) is 0. The predicted octanol–water partition coefficient (Wildman–Crippen LogP) is 5.66. The Balaban J connectivity index is 1.53. The molecule has 3 aromatic rings. The molecule has 1 fully saturated rings. The maximum absolute atomic E-state index is 13.1. The molecule has 36 heavy (non-hydrogen) atoms. The van der Waals surface area contributed by atoms with Gasteiger partial charge >= 0.3 is 6.09 Å². The number of rotatable bonds is 6. The van der Waals surface area contributed by atoms with Crippen LogP contribution in [0.1, 0.15) is 49.5 Å². The van der Waals surface area contributed by atoms with Crippen LogP contribution in [0.4, 0.5) is 16.2 Å². The van der Waals surface area contributed by atoms with Gasteiger partial charge in [-0.1, -0.05) is 24.3 Å². The van der Waals surface area contributed by atoms with E-state index in [0.29, 0.717) is 16.9 Å². The fraction of sp³-hybridized carbons (Fsp3) is 0.259. The minimum absolute atomic E-state index is 0.183. The van der Waals surface area contributed by atoms with E-state index in [-0.39, 0.29) is 37.1 Å². The van der Waals surface area contributed by atoms with Crippen molar-refractivity contribution in [3.8, 4) is 10.4 Å². The third-order valence-corrected chi connectivity index (χ3v) is 6.34. The van der Waals surface area contributed by atoms with Crippen molar-refractivity contribution in [2.75, 3.05) is 10.6 Å². The van der Waals surface area contributed by atoms with E-state index >= 15 is 0 Å². The molecule has 2 N–H and O–H groups in total. The fourth-order valence-electron chi connectivity index (χ4n) is 3.70. The number of benzene rings is 2. The second kappa shape index (κ2) is 10.3. The molecule has 0 unspecified atom stereocenters. The number of nitrogens with zero attached hydrogens (tertiary/aromatic N) is 1. The summed E-state index contributed by atoms with van der Waals surface area (Å²) in [4.78, 5) is 51.4. The summed E-state index contributed by atoms with van der Waals surface area (Å²) in [6.45, 7) is 5.50. The standard InChI is InChI=1S/C27H27N3O5S/c1-27(2,3)35-26(34)29-20-11-10-19(22-5-4-14-36-22)15-21(20)28-25(33)18-8-6-17(7-9-18)16-30-23(31)12-13-24(30)32/h4-11,14-15H,12-13,16H2,1-3H3,(H,28,33)(H,29,34). The van der Waals surface area contributed by atoms with Gasteiger partial charge < -0.3 is 10.1 Å². The maximum atomic E-state index is 13.1. The summed E-state index contributed by atoms with van der Waals surface area (Å²) in [6, 6.07) is 16.0. The van der Waals surface area contributed by atoms with Gasteiger partial charge in [-0.05, 0) is 67.6 Å². The molecule has 1 aliphatic rings. The van der Waals surface area contributed by atoms with Crippen molar-refractivity contribution < 1.29 is 23.9 Å². The molecule has 4 amide bonds. The van der Waals surface area contributed by atoms with Gasteiger partial charge in [0.25, 0.3) is 5.91 Å². The van der Waals surface area contributed by atoms with Crippen molar-refractivity contribution in [1.29, 1.82) is 0 Å². The summed E-state index contributed by atoms with van der Waals surface area (Å²) in [5.41, 5.74) is 2.20. The summed E-state index contributed by atoms with van der Waals surface area (Å²) < 4.78 is 5.36. The van der Waals surface area contributed by atoms with E-state index in [0.717, 1.165) is 16.0 Å². The molecule has 8 nitrogen and oxygen atoms in total. The zero-order chi connectivity index (χ0) is 25.9. The average molecular weight is 506 g/mol. The highest BCUT2D eigenvalue weighted by atomic mass is 32.1. The molecule has 0 bridgehead atoms. The molecule has 1 saturated heterocycles. The van der Waals surface area contributed by atoms with Gasteiger partial charge in [0.15, 0.2) is 0 Å². The summed E-state index contributed by atoms with van der Waals surface area (Å²) in [6.07, 6.45) is -0.148. The highest BCUT2D eigenvalue weighted by Crippen LogP contribution is 2.32. The van der Waals surface area contributed by atoms with Crippen LogP contribution >= 0.6 is 11.3 Å². The fourth-order valence-corrected chi connectivity index (χ4v) is 4.43. The molecule has 0 radical (unpaired) electrons. The van der Waals surface area contributed by atoms with Crippen molar-refractivity contribution in [3.63, 3.8) is 0 Å². The van der Waals surface area contributed by atoms with Gasteiger partial charge in [-0.2, -0.15) is 0 Å². The number of ether oxygens (including phenoxy) is 1. The Morgan fingerprint density at radius 2 is 1.64 bits per heavy atom. The normalized spacial score (nSPS) is 13.6. The van der Waals surface area contributed by atoms with E-state index in [1.807, 2.05) is 23.6 Å². The number of hydrogen-bond acceptors (Lipinski definition) is 6. The Hall–Kier alpha value is -3.98. The van der Waals surface area contributed by atoms with E-state index in [1.165, 1.54) is 4.90 Å². The number of nitrogens with one attached hydrogen (secondary N) is 2. The number of thiophene rings is 1. The van der Waals surface area contributed by atoms with Crippen LogP contribution in [-0.2, 0) is 20.9 Å². The molecule has 9 heteroatoms. The SMILES string of the molecule is CC(C)(C)OC(=O)Nc1ccc(-c2cccs2)cc1NC(=O)c1ccc(CN2C(=O)CCC2=O)cc1. The van der Waals surface area contributed by atoms with Crippen LogP contribution in [0.15, 0.2) is 60.0 Å². The zero-order valence-electron chi connectivity index (χ0n) is 20.3. The molecule has 0 saturated carbocycles. The minimum atomic E-state index is -0.670. The van der Waals surface area contributed by atoms with Crippen molar-refractivity contribution in [2.24, 2.45) is 0 Å². The van der Waals surface area contributed by atoms with Gasteiger partial charge in [-0.25, -0.2) is 4.79 Å². The number of carbonyl (C=O) groups excluding carboxylic acids is 4. The van der Waals surface area contributed by atoms with Gasteiger partial charge in [-0.15, -0.1) is 11.3 Å². The van der Waals surface area contributed by atoms with Gasteiger partial charge in [0.05, 0.1) is 17.9 Å². The lowest BCUT2D eigenvalue weighted by Crippen LogP contribution is -2.28. The number of hydrogen-bond donors (Lipinski definition) is 2. The Bertz CT molecular complexity index is 1280. The first-order valence-electron chi connectivity index (χ1n) is 11.5. The lowest BCUT2D eigenvalue weighted by atomic mass is 10.1. The van der Waals surface area contributed by atoms with Crippen LogP contribution in [-0.4, -0.2) is 34.3 Å². The van der Waals surface area contributed by atoms with Crippen LogP contribution < -0.4 is 10.6 Å². The van der Waals surface area contributed by atoms with Crippen LogP contribution in [0.2, 0.25) is 0 Å². The Labute approximate surface area is 213 Å². The lowest BCUT2D eigenvalue weighted by molar-refractivity contribution is -0.139. The molecule has 0 spiro atoms. The molecule has 0 atom stereocenters. The highest BCUT2D eigenvalue weighted by molar-refractivity contribution is 7.13. The van der Waals surface area contributed by atoms with E-state index in [9.17, 15) is 19.2 Å². The topological polar surface area (TPSA) is 105 Å². The minimum Gasteiger partial charge on any atom is -0.444 e. The molecular weight excluding hydrogens is 478 g/mol. The van der Waals surface area contributed by atoms with Gasteiger partial charge in [-0.3, -0.25) is 24.6 Å². The van der Waals surface area contributed by atoms with Crippen molar-refractivity contribution in [1.82, 2.24) is 4.90 Å². The molecule has 4 rings (SSSR count). The van der Waals surface area contributed by atoms with Crippen molar-refractivity contribution in [3.05, 3.63) is 71.1 Å². The number of carbonyl (C=O) groups is 4. The second-order valence-corrected chi connectivity index (χ2v) is 10.3. The Morgan fingerprint density at radius 3 is 2.25 bits per heavy atom. The number of likely N-dealkylation sites (tertiary alicyclic amines) is 1. The van der Waals surface area contributed by atoms with E-state index in [1.54, 1.807) is 68.5 Å². The van der Waals surface area contributed by atoms with Gasteiger partial charge in [0, 0.05) is 23.3 Å². The highest BCUT2D eigenvalue weighted by Gasteiger charge is 2.28. The first-order valence-corrected chi connectivity index (χ1v) is 12.4. The van der Waals surface area contributed by atoms with Crippen molar-refractivity contribution >= 4 is 46.5 Å². The van der Waals surface area contributed by atoms with E-state index in [2.05, 4.69) is 10.6 Å². The zero-order valence-corrected chi connectivity index (χ0v) is 21.1. The quantitative estimate of drug-likeness (QED) is 0.421. The molecule has 2 heterocycles. The average Bonchev–Trinajstić information content (AvgIpc) is 3.46. The van der Waals surface area contributed by atoms with Gasteiger partial charge in [0.2, 0.25) is 11.8 Å². The number of imide groups is 1. The second-order valence-electron chi connectivity index (χ2n) is 9.39. The number of anilines is 2. The summed E-state index contributed by atoms with van der Waals surface area (Å²) >= 11 is 1.57. The molecule has 1 aromatic heterocycles. The van der Waals surface area contributed by atoms with E-state index in [4.69, 9.17) is 4.74 Å². The molecule has 186 valence electrons. The summed E-state index contributed by atoms with van der Waals surface area (Å²) in [5, 5.41) is 7.56. The maximum Gasteiger partial charge on any atom is 0.412 e. The molecular formula is C27H27N3O5S. The molecule has 2 aromatic carbocycles. The first-order chi connectivity index (χ1) is 17.1. The third-order valence-electron chi connectivity index (χ3n) is 5.42. The van der Waals surface area contributed by atoms with Crippen LogP contribution in [0.3, 0.4) is 0 Å². The predicted molar refractivity (Wildman–Crippen MR) is 139 cm³/mol. The first kappa shape index (κ1) is 25.1. The third kappa shape index (κ3) is 6.17. The smallest absolute Gasteiger partial charge is 0.412 e. The van der Waals surface area contributed by atoms with Gasteiger partial charge in [0.1, 0.15) is 5.60 Å². The largest absolute Gasteiger partial charge is 0.444 e. The summed E-state index contributed by atoms with van der Waals surface area (Å²) in [5.74, 6) is -0.736. The Morgan fingerprint density at radius 1 is 0.944 bits per heavy atom. The Kier molecular flexibility index (Phi) is 7.21. The van der Waals surface area contributed by atoms with Crippen molar-refractivity contribution in [2.45, 2.75) is 45.8 Å². The molecule has 0 aliphatic carbocycles. The lowest BCUT2D eigenvalue weighted by Gasteiger charge is -2.21. The number of amides is 4.